The molecule has 0 aromatic heterocycles. The van der Waals surface area contributed by atoms with Gasteiger partial charge in [0.1, 0.15) is 0 Å². The number of hydrogen-bond acceptors (Lipinski definition) is 2. The highest BCUT2D eigenvalue weighted by molar-refractivity contribution is 4.79. The molecule has 10 heavy (non-hydrogen) atoms. The van der Waals surface area contributed by atoms with Crippen LogP contribution in [0.3, 0.4) is 0 Å². The average molecular weight is 142 g/mol. The Bertz CT molecular complexity index is 91.3. The minimum Gasteiger partial charge on any atom is -0.316 e. The van der Waals surface area contributed by atoms with Crippen LogP contribution in [0.15, 0.2) is 0 Å². The van der Waals surface area contributed by atoms with Crippen LogP contribution in [0.25, 0.3) is 0 Å². The molecule has 1 fully saturated rings. The molecule has 0 aliphatic carbocycles. The lowest BCUT2D eigenvalue weighted by molar-refractivity contribution is 0.301. The fraction of sp³-hybridized carbons (Fsp3) is 1.00. The molecule has 0 spiro atoms. The molecule has 0 radical (unpaired) electrons. The smallest absolute Gasteiger partial charge is 0.0117 e. The van der Waals surface area contributed by atoms with Crippen molar-refractivity contribution in [3.8, 4) is 0 Å². The number of nitrogens with one attached hydrogen (secondary N) is 2. The van der Waals surface area contributed by atoms with Gasteiger partial charge in [-0.3, -0.25) is 0 Å². The third-order valence-electron chi connectivity index (χ3n) is 2.25. The zero-order chi connectivity index (χ0) is 7.40. The summed E-state index contributed by atoms with van der Waals surface area (Å²) in [6.07, 6.45) is 1.29. The standard InChI is InChI=1S/C8H18N2/c1-3-10-8-4-5-9-6-7(8)2/h7-10H,3-6H2,1-2H3/t7-,8+/m1/s1. The molecule has 2 nitrogen and oxygen atoms in total. The lowest BCUT2D eigenvalue weighted by Crippen LogP contribution is -2.46. The molecule has 2 atom stereocenters. The van der Waals surface area contributed by atoms with E-state index in [1.165, 1.54) is 19.5 Å². The quantitative estimate of drug-likeness (QED) is 0.590. The molecule has 1 heterocycles. The monoisotopic (exact) mass is 142 g/mol. The first-order chi connectivity index (χ1) is 4.84. The summed E-state index contributed by atoms with van der Waals surface area (Å²) >= 11 is 0. The molecule has 2 N–H and O–H groups in total. The molecule has 0 saturated carbocycles. The van der Waals surface area contributed by atoms with Crippen LogP contribution in [-0.2, 0) is 0 Å². The van der Waals surface area contributed by atoms with Gasteiger partial charge >= 0.3 is 0 Å². The lowest BCUT2D eigenvalue weighted by Gasteiger charge is -2.29. The van der Waals surface area contributed by atoms with E-state index in [9.17, 15) is 0 Å². The molecular formula is C8H18N2. The first kappa shape index (κ1) is 8.02. The van der Waals surface area contributed by atoms with Gasteiger partial charge in [0, 0.05) is 6.04 Å². The van der Waals surface area contributed by atoms with Crippen molar-refractivity contribution >= 4 is 0 Å². The molecule has 1 aliphatic rings. The molecule has 0 aromatic rings. The second-order valence-corrected chi connectivity index (χ2v) is 3.13. The van der Waals surface area contributed by atoms with E-state index in [0.29, 0.717) is 0 Å². The molecule has 60 valence electrons. The second kappa shape index (κ2) is 3.94. The van der Waals surface area contributed by atoms with Crippen molar-refractivity contribution in [3.05, 3.63) is 0 Å². The molecule has 1 saturated heterocycles. The maximum absolute atomic E-state index is 3.49. The first-order valence-electron chi connectivity index (χ1n) is 4.28. The number of piperidine rings is 1. The average Bonchev–Trinajstić information content (AvgIpc) is 1.94. The van der Waals surface area contributed by atoms with Gasteiger partial charge in [0.2, 0.25) is 0 Å². The molecule has 0 bridgehead atoms. The van der Waals surface area contributed by atoms with E-state index < -0.39 is 0 Å². The summed E-state index contributed by atoms with van der Waals surface area (Å²) in [5.74, 6) is 0.800. The molecule has 0 amide bonds. The lowest BCUT2D eigenvalue weighted by atomic mass is 9.95. The Morgan fingerprint density at radius 1 is 1.60 bits per heavy atom. The van der Waals surface area contributed by atoms with Crippen molar-refractivity contribution in [1.29, 1.82) is 0 Å². The Kier molecular flexibility index (Phi) is 3.16. The summed E-state index contributed by atoms with van der Waals surface area (Å²) < 4.78 is 0. The third-order valence-corrected chi connectivity index (χ3v) is 2.25. The van der Waals surface area contributed by atoms with E-state index in [0.717, 1.165) is 18.5 Å². The maximum atomic E-state index is 3.49. The fourth-order valence-electron chi connectivity index (χ4n) is 1.58. The van der Waals surface area contributed by atoms with Crippen LogP contribution in [0.2, 0.25) is 0 Å². The Balaban J connectivity index is 2.25. The molecule has 2 heteroatoms. The van der Waals surface area contributed by atoms with Crippen molar-refractivity contribution in [2.45, 2.75) is 26.3 Å². The van der Waals surface area contributed by atoms with Crippen LogP contribution in [0.4, 0.5) is 0 Å². The van der Waals surface area contributed by atoms with Crippen LogP contribution < -0.4 is 10.6 Å². The van der Waals surface area contributed by atoms with Crippen molar-refractivity contribution in [1.82, 2.24) is 10.6 Å². The van der Waals surface area contributed by atoms with Gasteiger partial charge in [-0.25, -0.2) is 0 Å². The second-order valence-electron chi connectivity index (χ2n) is 3.13. The van der Waals surface area contributed by atoms with Crippen LogP contribution in [0.1, 0.15) is 20.3 Å². The topological polar surface area (TPSA) is 24.1 Å². The minimum atomic E-state index is 0.756. The molecular weight excluding hydrogens is 124 g/mol. The molecule has 1 aliphatic heterocycles. The van der Waals surface area contributed by atoms with Crippen LogP contribution >= 0.6 is 0 Å². The van der Waals surface area contributed by atoms with Crippen molar-refractivity contribution in [2.24, 2.45) is 5.92 Å². The summed E-state index contributed by atoms with van der Waals surface area (Å²) in [4.78, 5) is 0. The van der Waals surface area contributed by atoms with E-state index in [4.69, 9.17) is 0 Å². The highest BCUT2D eigenvalue weighted by atomic mass is 15.0. The van der Waals surface area contributed by atoms with Gasteiger partial charge in [-0.05, 0) is 32.0 Å². The fourth-order valence-corrected chi connectivity index (χ4v) is 1.58. The largest absolute Gasteiger partial charge is 0.316 e. The van der Waals surface area contributed by atoms with E-state index in [2.05, 4.69) is 24.5 Å². The zero-order valence-electron chi connectivity index (χ0n) is 6.98. The normalized spacial score (nSPS) is 34.2. The van der Waals surface area contributed by atoms with E-state index >= 15 is 0 Å². The van der Waals surface area contributed by atoms with Crippen molar-refractivity contribution < 1.29 is 0 Å². The van der Waals surface area contributed by atoms with E-state index in [-0.39, 0.29) is 0 Å². The van der Waals surface area contributed by atoms with E-state index in [1.54, 1.807) is 0 Å². The van der Waals surface area contributed by atoms with Crippen LogP contribution in [-0.4, -0.2) is 25.7 Å². The van der Waals surface area contributed by atoms with Crippen molar-refractivity contribution in [2.75, 3.05) is 19.6 Å². The molecule has 1 rings (SSSR count). The molecule has 0 unspecified atom stereocenters. The highest BCUT2D eigenvalue weighted by Crippen LogP contribution is 2.09. The van der Waals surface area contributed by atoms with Gasteiger partial charge in [0.25, 0.3) is 0 Å². The van der Waals surface area contributed by atoms with Gasteiger partial charge in [0.15, 0.2) is 0 Å². The maximum Gasteiger partial charge on any atom is 0.0117 e. The Morgan fingerprint density at radius 3 is 3.00 bits per heavy atom. The number of rotatable bonds is 2. The van der Waals surface area contributed by atoms with Crippen LogP contribution in [0.5, 0.6) is 0 Å². The van der Waals surface area contributed by atoms with Gasteiger partial charge < -0.3 is 10.6 Å². The molecule has 0 aromatic carbocycles. The first-order valence-corrected chi connectivity index (χ1v) is 4.28. The summed E-state index contributed by atoms with van der Waals surface area (Å²) in [5, 5.41) is 6.88. The van der Waals surface area contributed by atoms with Gasteiger partial charge in [-0.2, -0.15) is 0 Å². The Hall–Kier alpha value is -0.0800. The van der Waals surface area contributed by atoms with Gasteiger partial charge in [-0.15, -0.1) is 0 Å². The van der Waals surface area contributed by atoms with Crippen molar-refractivity contribution in [3.63, 3.8) is 0 Å². The summed E-state index contributed by atoms with van der Waals surface area (Å²) in [6, 6.07) is 0.756. The number of hydrogen-bond donors (Lipinski definition) is 2. The predicted octanol–water partition coefficient (Wildman–Crippen LogP) is 0.594. The summed E-state index contributed by atoms with van der Waals surface area (Å²) in [6.45, 7) is 7.95. The predicted molar refractivity (Wildman–Crippen MR) is 44.1 cm³/mol. The minimum absolute atomic E-state index is 0.756. The highest BCUT2D eigenvalue weighted by Gasteiger charge is 2.18. The van der Waals surface area contributed by atoms with Crippen LogP contribution in [0, 0.1) is 5.92 Å². The van der Waals surface area contributed by atoms with Gasteiger partial charge in [0.05, 0.1) is 0 Å². The summed E-state index contributed by atoms with van der Waals surface area (Å²) in [7, 11) is 0. The van der Waals surface area contributed by atoms with Gasteiger partial charge in [-0.1, -0.05) is 13.8 Å². The zero-order valence-corrected chi connectivity index (χ0v) is 6.98. The Labute approximate surface area is 63.4 Å². The SMILES string of the molecule is CCN[C@H]1CCNC[C@H]1C. The van der Waals surface area contributed by atoms with E-state index in [1.807, 2.05) is 0 Å². The third kappa shape index (κ3) is 1.96. The Morgan fingerprint density at radius 2 is 2.40 bits per heavy atom. The summed E-state index contributed by atoms with van der Waals surface area (Å²) in [5.41, 5.74) is 0.